The monoisotopic (exact) mass is 172 g/mol. The Morgan fingerprint density at radius 2 is 2.00 bits per heavy atom. The van der Waals surface area contributed by atoms with Crippen LogP contribution >= 0.6 is 34.4 Å². The van der Waals surface area contributed by atoms with Crippen LogP contribution < -0.4 is 0 Å². The predicted octanol–water partition coefficient (Wildman–Crippen LogP) is 2.98. The zero-order valence-corrected chi connectivity index (χ0v) is 7.02. The SMILES string of the molecule is C1=C(C2=C[SH]2C2=CS2)S1. The lowest BCUT2D eigenvalue weighted by Gasteiger charge is -1.88. The fourth-order valence-electron chi connectivity index (χ4n) is 0.748. The Bertz CT molecular complexity index is 272. The summed E-state index contributed by atoms with van der Waals surface area (Å²) in [5.41, 5.74) is 0. The molecule has 46 valence electrons. The van der Waals surface area contributed by atoms with Gasteiger partial charge in [0.2, 0.25) is 0 Å². The first kappa shape index (κ1) is 4.99. The van der Waals surface area contributed by atoms with Crippen LogP contribution in [0, 0.1) is 0 Å². The quantitative estimate of drug-likeness (QED) is 0.636. The minimum atomic E-state index is 0.188. The number of thiol groups is 1. The van der Waals surface area contributed by atoms with Gasteiger partial charge in [0.15, 0.2) is 0 Å². The van der Waals surface area contributed by atoms with Crippen molar-refractivity contribution in [3.63, 3.8) is 0 Å². The maximum atomic E-state index is 2.41. The fourth-order valence-corrected chi connectivity index (χ4v) is 4.48. The molecule has 0 saturated carbocycles. The van der Waals surface area contributed by atoms with Crippen LogP contribution in [0.25, 0.3) is 0 Å². The Hall–Kier alpha value is 0.270. The second-order valence-electron chi connectivity index (χ2n) is 2.06. The summed E-state index contributed by atoms with van der Waals surface area (Å²) >= 11 is 3.81. The third-order valence-electron chi connectivity index (χ3n) is 1.39. The van der Waals surface area contributed by atoms with Crippen molar-refractivity contribution in [2.24, 2.45) is 0 Å². The first-order valence-electron chi connectivity index (χ1n) is 2.70. The first-order chi connectivity index (χ1) is 4.45. The minimum Gasteiger partial charge on any atom is -0.170 e. The molecule has 3 aliphatic heterocycles. The van der Waals surface area contributed by atoms with Gasteiger partial charge in [0.25, 0.3) is 0 Å². The second kappa shape index (κ2) is 1.47. The van der Waals surface area contributed by atoms with E-state index >= 15 is 0 Å². The molecule has 3 heteroatoms. The summed E-state index contributed by atoms with van der Waals surface area (Å²) < 4.78 is 1.63. The van der Waals surface area contributed by atoms with E-state index in [1.807, 2.05) is 23.5 Å². The van der Waals surface area contributed by atoms with Crippen LogP contribution in [-0.4, -0.2) is 0 Å². The molecule has 0 aromatic carbocycles. The summed E-state index contributed by atoms with van der Waals surface area (Å²) in [4.78, 5) is 3.20. The molecule has 0 aliphatic carbocycles. The van der Waals surface area contributed by atoms with Crippen molar-refractivity contribution in [2.45, 2.75) is 0 Å². The topological polar surface area (TPSA) is 0 Å². The molecule has 0 N–H and O–H groups in total. The average molecular weight is 172 g/mol. The van der Waals surface area contributed by atoms with Crippen molar-refractivity contribution in [1.29, 1.82) is 0 Å². The summed E-state index contributed by atoms with van der Waals surface area (Å²) in [5.74, 6) is 0. The predicted molar refractivity (Wildman–Crippen MR) is 48.4 cm³/mol. The summed E-state index contributed by atoms with van der Waals surface area (Å²) in [6.07, 6.45) is 0. The molecular weight excluding hydrogens is 168 g/mol. The molecule has 1 unspecified atom stereocenters. The lowest BCUT2D eigenvalue weighted by molar-refractivity contribution is 2.10. The lowest BCUT2D eigenvalue weighted by atomic mass is 10.6. The molecule has 3 aliphatic rings. The van der Waals surface area contributed by atoms with Gasteiger partial charge in [-0.1, -0.05) is 23.5 Å². The van der Waals surface area contributed by atoms with E-state index in [4.69, 9.17) is 0 Å². The van der Waals surface area contributed by atoms with Crippen LogP contribution in [-0.2, 0) is 0 Å². The third kappa shape index (κ3) is 0.791. The van der Waals surface area contributed by atoms with Crippen molar-refractivity contribution in [1.82, 2.24) is 0 Å². The van der Waals surface area contributed by atoms with E-state index < -0.39 is 0 Å². The van der Waals surface area contributed by atoms with Crippen molar-refractivity contribution in [2.75, 3.05) is 0 Å². The van der Waals surface area contributed by atoms with E-state index in [0.717, 1.165) is 0 Å². The third-order valence-corrected chi connectivity index (χ3v) is 5.51. The van der Waals surface area contributed by atoms with Crippen molar-refractivity contribution < 1.29 is 0 Å². The largest absolute Gasteiger partial charge is 0.170 e. The van der Waals surface area contributed by atoms with Crippen LogP contribution in [0.3, 0.4) is 0 Å². The Morgan fingerprint density at radius 3 is 2.56 bits per heavy atom. The standard InChI is InChI=1S/C6H4S3/c1-4(7-1)5-3-9(5)6-2-8-6/h1-3,9H. The highest BCUT2D eigenvalue weighted by molar-refractivity contribution is 8.44. The molecule has 0 spiro atoms. The Balaban J connectivity index is 1.78. The number of thioether (sulfide) groups is 2. The number of hydrogen-bond donors (Lipinski definition) is 1. The summed E-state index contributed by atoms with van der Waals surface area (Å²) in [7, 11) is 0.188. The minimum absolute atomic E-state index is 0.188. The number of hydrogen-bond acceptors (Lipinski definition) is 2. The van der Waals surface area contributed by atoms with Gasteiger partial charge in [-0.15, -0.1) is 0 Å². The van der Waals surface area contributed by atoms with Crippen LogP contribution in [0.2, 0.25) is 0 Å². The van der Waals surface area contributed by atoms with Gasteiger partial charge in [-0.3, -0.25) is 0 Å². The summed E-state index contributed by atoms with van der Waals surface area (Å²) in [5, 5.41) is 6.91. The molecule has 0 saturated heterocycles. The van der Waals surface area contributed by atoms with Gasteiger partial charge in [0.1, 0.15) is 0 Å². The molecular formula is C6H4S3. The molecule has 0 nitrogen and oxygen atoms in total. The van der Waals surface area contributed by atoms with E-state index in [-0.39, 0.29) is 10.9 Å². The van der Waals surface area contributed by atoms with Gasteiger partial charge in [0.05, 0.1) is 0 Å². The molecule has 0 aromatic heterocycles. The van der Waals surface area contributed by atoms with Gasteiger partial charge in [-0.2, -0.15) is 10.9 Å². The molecule has 0 aromatic rings. The van der Waals surface area contributed by atoms with Crippen molar-refractivity contribution >= 4 is 34.4 Å². The van der Waals surface area contributed by atoms with Gasteiger partial charge >= 0.3 is 0 Å². The Labute approximate surface area is 64.8 Å². The van der Waals surface area contributed by atoms with E-state index in [2.05, 4.69) is 16.2 Å². The summed E-state index contributed by atoms with van der Waals surface area (Å²) in [6.45, 7) is 0. The smallest absolute Gasteiger partial charge is 0.0392 e. The lowest BCUT2D eigenvalue weighted by Crippen LogP contribution is -1.50. The van der Waals surface area contributed by atoms with Gasteiger partial charge < -0.3 is 0 Å². The van der Waals surface area contributed by atoms with Crippen LogP contribution in [0.1, 0.15) is 0 Å². The normalized spacial score (nSPS) is 38.7. The summed E-state index contributed by atoms with van der Waals surface area (Å²) in [6, 6.07) is 0. The highest BCUT2D eigenvalue weighted by Gasteiger charge is 2.34. The zero-order valence-electron chi connectivity index (χ0n) is 4.50. The van der Waals surface area contributed by atoms with E-state index in [1.54, 1.807) is 14.0 Å². The molecule has 0 amide bonds. The number of rotatable bonds is 2. The molecule has 1 atom stereocenters. The van der Waals surface area contributed by atoms with Crippen molar-refractivity contribution in [3.05, 3.63) is 30.3 Å². The highest BCUT2D eigenvalue weighted by Crippen LogP contribution is 2.73. The van der Waals surface area contributed by atoms with E-state index in [1.165, 1.54) is 0 Å². The molecule has 3 rings (SSSR count). The molecule has 0 fully saturated rings. The maximum absolute atomic E-state index is 2.41. The van der Waals surface area contributed by atoms with E-state index in [9.17, 15) is 0 Å². The van der Waals surface area contributed by atoms with Crippen LogP contribution in [0.5, 0.6) is 0 Å². The highest BCUT2D eigenvalue weighted by atomic mass is 32.3. The van der Waals surface area contributed by atoms with Gasteiger partial charge in [-0.05, 0) is 16.2 Å². The van der Waals surface area contributed by atoms with Crippen molar-refractivity contribution in [3.8, 4) is 0 Å². The van der Waals surface area contributed by atoms with Gasteiger partial charge in [-0.25, -0.2) is 0 Å². The van der Waals surface area contributed by atoms with Crippen LogP contribution in [0.15, 0.2) is 30.3 Å². The molecule has 0 bridgehead atoms. The zero-order chi connectivity index (χ0) is 5.84. The first-order valence-corrected chi connectivity index (χ1v) is 5.87. The molecule has 3 heterocycles. The van der Waals surface area contributed by atoms with E-state index in [0.29, 0.717) is 0 Å². The second-order valence-corrected chi connectivity index (χ2v) is 6.15. The van der Waals surface area contributed by atoms with Gasteiger partial charge in [0, 0.05) is 14.0 Å². The Morgan fingerprint density at radius 1 is 1.22 bits per heavy atom. The molecule has 0 radical (unpaired) electrons. The average Bonchev–Trinajstić information content (AvgIpc) is 2.67. The fraction of sp³-hybridized carbons (Fsp3) is 0. The van der Waals surface area contributed by atoms with Crippen LogP contribution in [0.4, 0.5) is 0 Å². The molecule has 9 heavy (non-hydrogen) atoms. The Kier molecular flexibility index (Phi) is 0.813. The maximum Gasteiger partial charge on any atom is 0.0392 e.